The van der Waals surface area contributed by atoms with E-state index < -0.39 is 17.6 Å². The lowest BCUT2D eigenvalue weighted by atomic mass is 10.1. The summed E-state index contributed by atoms with van der Waals surface area (Å²) in [5.41, 5.74) is 0.247. The summed E-state index contributed by atoms with van der Waals surface area (Å²) in [6, 6.07) is 6.47. The number of halogens is 1. The number of rotatable bonds is 3. The van der Waals surface area contributed by atoms with E-state index in [0.29, 0.717) is 26.1 Å². The van der Waals surface area contributed by atoms with Crippen LogP contribution in [0.1, 0.15) is 27.3 Å². The number of hydrogen-bond acceptors (Lipinski definition) is 5. The number of anilines is 1. The summed E-state index contributed by atoms with van der Waals surface area (Å²) >= 11 is 0. The van der Waals surface area contributed by atoms with Crippen molar-refractivity contribution in [2.24, 2.45) is 0 Å². The molecule has 4 rings (SSSR count). The molecule has 0 spiro atoms. The molecular weight excluding hydrogens is 381 g/mol. The number of carbonyl (C=O) groups excluding carboxylic acids is 3. The largest absolute Gasteiger partial charge is 0.459 e. The van der Waals surface area contributed by atoms with Crippen LogP contribution < -0.4 is 5.32 Å². The van der Waals surface area contributed by atoms with E-state index in [1.54, 1.807) is 18.0 Å². The molecule has 0 saturated carbocycles. The Morgan fingerprint density at radius 3 is 2.83 bits per heavy atom. The Labute approximate surface area is 166 Å². The van der Waals surface area contributed by atoms with Gasteiger partial charge in [-0.2, -0.15) is 0 Å². The van der Waals surface area contributed by atoms with Gasteiger partial charge < -0.3 is 24.3 Å². The predicted molar refractivity (Wildman–Crippen MR) is 99.9 cm³/mol. The van der Waals surface area contributed by atoms with Crippen molar-refractivity contribution >= 4 is 23.4 Å². The fourth-order valence-electron chi connectivity index (χ4n) is 3.69. The lowest BCUT2D eigenvalue weighted by molar-refractivity contribution is -0.131. The summed E-state index contributed by atoms with van der Waals surface area (Å²) in [4.78, 5) is 40.3. The summed E-state index contributed by atoms with van der Waals surface area (Å²) < 4.78 is 24.8. The van der Waals surface area contributed by atoms with Gasteiger partial charge in [0.05, 0.1) is 31.4 Å². The molecule has 2 aromatic rings. The van der Waals surface area contributed by atoms with Crippen LogP contribution in [0, 0.1) is 5.82 Å². The van der Waals surface area contributed by atoms with E-state index in [2.05, 4.69) is 5.32 Å². The first-order chi connectivity index (χ1) is 13.9. The molecule has 0 radical (unpaired) electrons. The van der Waals surface area contributed by atoms with Gasteiger partial charge in [-0.05, 0) is 30.3 Å². The lowest BCUT2D eigenvalue weighted by Crippen LogP contribution is -2.43. The van der Waals surface area contributed by atoms with Crippen LogP contribution in [-0.4, -0.2) is 66.4 Å². The Hall–Kier alpha value is -3.20. The number of carbonyl (C=O) groups is 3. The van der Waals surface area contributed by atoms with E-state index in [1.165, 1.54) is 23.3 Å². The lowest BCUT2D eigenvalue weighted by Gasteiger charge is -2.25. The van der Waals surface area contributed by atoms with Gasteiger partial charge in [-0.1, -0.05) is 0 Å². The second-order valence-electron chi connectivity index (χ2n) is 7.10. The van der Waals surface area contributed by atoms with Gasteiger partial charge in [0.1, 0.15) is 5.82 Å². The summed E-state index contributed by atoms with van der Waals surface area (Å²) in [6.07, 6.45) is 1.40. The average Bonchev–Trinajstić information content (AvgIpc) is 3.34. The van der Waals surface area contributed by atoms with Gasteiger partial charge in [0.25, 0.3) is 11.8 Å². The predicted octanol–water partition coefficient (Wildman–Crippen LogP) is 1.74. The summed E-state index contributed by atoms with van der Waals surface area (Å²) in [6.45, 7) is 0.928. The molecule has 29 heavy (non-hydrogen) atoms. The fourth-order valence-corrected chi connectivity index (χ4v) is 3.69. The van der Waals surface area contributed by atoms with Crippen molar-refractivity contribution < 1.29 is 27.9 Å². The van der Waals surface area contributed by atoms with Crippen molar-refractivity contribution in [3.05, 3.63) is 53.7 Å². The van der Waals surface area contributed by atoms with Crippen molar-refractivity contribution in [3.8, 4) is 0 Å². The Morgan fingerprint density at radius 1 is 1.24 bits per heavy atom. The van der Waals surface area contributed by atoms with E-state index in [4.69, 9.17) is 9.15 Å². The Bertz CT molecular complexity index is 946. The monoisotopic (exact) mass is 401 g/mol. The highest BCUT2D eigenvalue weighted by atomic mass is 19.1. The molecule has 0 bridgehead atoms. The Kier molecular flexibility index (Phi) is 5.06. The third kappa shape index (κ3) is 3.86. The van der Waals surface area contributed by atoms with Gasteiger partial charge in [0, 0.05) is 31.4 Å². The van der Waals surface area contributed by atoms with Crippen LogP contribution in [0.4, 0.5) is 10.1 Å². The van der Waals surface area contributed by atoms with Gasteiger partial charge in [0.15, 0.2) is 5.76 Å². The van der Waals surface area contributed by atoms with E-state index in [1.807, 2.05) is 0 Å². The fraction of sp³-hybridized carbons (Fsp3) is 0.350. The van der Waals surface area contributed by atoms with Crippen molar-refractivity contribution in [2.75, 3.05) is 32.1 Å². The van der Waals surface area contributed by atoms with E-state index >= 15 is 0 Å². The minimum absolute atomic E-state index is 0.0273. The molecule has 2 aliphatic rings. The zero-order chi connectivity index (χ0) is 20.5. The Morgan fingerprint density at radius 2 is 2.07 bits per heavy atom. The van der Waals surface area contributed by atoms with Crippen LogP contribution in [0.25, 0.3) is 0 Å². The number of furan rings is 1. The quantitative estimate of drug-likeness (QED) is 0.846. The maximum absolute atomic E-state index is 14.1. The van der Waals surface area contributed by atoms with Crippen LogP contribution in [-0.2, 0) is 9.53 Å². The van der Waals surface area contributed by atoms with E-state index in [0.717, 1.165) is 12.1 Å². The van der Waals surface area contributed by atoms with Crippen LogP contribution in [0.5, 0.6) is 0 Å². The minimum atomic E-state index is -0.650. The molecule has 3 amide bonds. The molecule has 2 saturated heterocycles. The maximum atomic E-state index is 14.1. The molecule has 3 heterocycles. The summed E-state index contributed by atoms with van der Waals surface area (Å²) in [5.74, 6) is -1.54. The standard InChI is InChI=1S/C20H20FN3O5/c1-23-15-10-24(11-17(15)29-6-4-18(23)25)20(27)12-7-13(21)9-14(8-12)22-19(26)16-3-2-5-28-16/h2-3,5,7-9,15,17H,4,6,10-11H2,1H3,(H,22,26)/t15-,17-/m0/s1. The maximum Gasteiger partial charge on any atom is 0.291 e. The first kappa shape index (κ1) is 19.1. The SMILES string of the molecule is CN1C(=O)CCO[C@H]2CN(C(=O)c3cc(F)cc(NC(=O)c4ccco4)c3)C[C@@H]21. The smallest absolute Gasteiger partial charge is 0.291 e. The number of fused-ring (bicyclic) bond motifs is 1. The third-order valence-electron chi connectivity index (χ3n) is 5.21. The van der Waals surface area contributed by atoms with Gasteiger partial charge in [-0.15, -0.1) is 0 Å². The highest BCUT2D eigenvalue weighted by Gasteiger charge is 2.41. The van der Waals surface area contributed by atoms with Crippen molar-refractivity contribution in [2.45, 2.75) is 18.6 Å². The summed E-state index contributed by atoms with van der Waals surface area (Å²) in [7, 11) is 1.70. The molecule has 2 fully saturated rings. The Balaban J connectivity index is 1.51. The number of likely N-dealkylation sites (N-methyl/N-ethyl adjacent to an activating group) is 1. The molecule has 8 nitrogen and oxygen atoms in total. The number of nitrogens with one attached hydrogen (secondary N) is 1. The van der Waals surface area contributed by atoms with Gasteiger partial charge >= 0.3 is 0 Å². The van der Waals surface area contributed by atoms with E-state index in [9.17, 15) is 18.8 Å². The number of ether oxygens (including phenoxy) is 1. The molecule has 2 atom stereocenters. The van der Waals surface area contributed by atoms with Gasteiger partial charge in [0.2, 0.25) is 5.91 Å². The number of benzene rings is 1. The topological polar surface area (TPSA) is 92.1 Å². The average molecular weight is 401 g/mol. The van der Waals surface area contributed by atoms with Crippen LogP contribution >= 0.6 is 0 Å². The zero-order valence-electron chi connectivity index (χ0n) is 15.8. The first-order valence-electron chi connectivity index (χ1n) is 9.24. The second kappa shape index (κ2) is 7.67. The van der Waals surface area contributed by atoms with Crippen LogP contribution in [0.3, 0.4) is 0 Å². The van der Waals surface area contributed by atoms with E-state index in [-0.39, 0.29) is 35.1 Å². The molecule has 1 aromatic heterocycles. The van der Waals surface area contributed by atoms with Crippen molar-refractivity contribution in [3.63, 3.8) is 0 Å². The molecule has 152 valence electrons. The zero-order valence-corrected chi connectivity index (χ0v) is 15.8. The summed E-state index contributed by atoms with van der Waals surface area (Å²) in [5, 5.41) is 2.52. The molecule has 0 unspecified atom stereocenters. The normalized spacial score (nSPS) is 21.7. The molecular formula is C20H20FN3O5. The van der Waals surface area contributed by atoms with Crippen LogP contribution in [0.2, 0.25) is 0 Å². The second-order valence-corrected chi connectivity index (χ2v) is 7.10. The highest BCUT2D eigenvalue weighted by Crippen LogP contribution is 2.25. The highest BCUT2D eigenvalue weighted by molar-refractivity contribution is 6.03. The molecule has 1 N–H and O–H groups in total. The number of nitrogens with zero attached hydrogens (tertiary/aromatic N) is 2. The molecule has 2 aliphatic heterocycles. The first-order valence-corrected chi connectivity index (χ1v) is 9.24. The number of amides is 3. The molecule has 0 aliphatic carbocycles. The van der Waals surface area contributed by atoms with Crippen LogP contribution in [0.15, 0.2) is 41.0 Å². The van der Waals surface area contributed by atoms with Crippen molar-refractivity contribution in [1.29, 1.82) is 0 Å². The van der Waals surface area contributed by atoms with Crippen molar-refractivity contribution in [1.82, 2.24) is 9.80 Å². The number of likely N-dealkylation sites (tertiary alicyclic amines) is 1. The number of hydrogen-bond donors (Lipinski definition) is 1. The molecule has 1 aromatic carbocycles. The van der Waals surface area contributed by atoms with Gasteiger partial charge in [-0.3, -0.25) is 14.4 Å². The minimum Gasteiger partial charge on any atom is -0.459 e. The van der Waals surface area contributed by atoms with Gasteiger partial charge in [-0.25, -0.2) is 4.39 Å². The molecule has 9 heteroatoms. The third-order valence-corrected chi connectivity index (χ3v) is 5.21.